The Hall–Kier alpha value is -0.420. The first kappa shape index (κ1) is 10.7. The van der Waals surface area contributed by atoms with Gasteiger partial charge in [0.15, 0.2) is 0 Å². The highest BCUT2D eigenvalue weighted by atomic mass is 32.2. The Morgan fingerprint density at radius 2 is 2.31 bits per heavy atom. The number of urea groups is 1. The fourth-order valence-corrected chi connectivity index (χ4v) is 1.97. The Morgan fingerprint density at radius 3 is 3.00 bits per heavy atom. The van der Waals surface area contributed by atoms with Crippen molar-refractivity contribution < 1.29 is 4.79 Å². The fraction of sp³-hybridized carbons (Fsp3) is 0.875. The first-order valence-corrected chi connectivity index (χ1v) is 5.80. The number of hydrazine groups is 1. The number of carbonyl (C=O) groups excluding carboxylic acids is 1. The van der Waals surface area contributed by atoms with Crippen LogP contribution in [0.15, 0.2) is 0 Å². The third-order valence-electron chi connectivity index (χ3n) is 2.05. The molecule has 13 heavy (non-hydrogen) atoms. The van der Waals surface area contributed by atoms with Crippen molar-refractivity contribution in [3.63, 3.8) is 0 Å². The van der Waals surface area contributed by atoms with E-state index in [0.717, 1.165) is 31.0 Å². The van der Waals surface area contributed by atoms with E-state index < -0.39 is 0 Å². The van der Waals surface area contributed by atoms with Crippen LogP contribution in [0.5, 0.6) is 0 Å². The van der Waals surface area contributed by atoms with E-state index >= 15 is 0 Å². The molecule has 0 aromatic rings. The zero-order valence-electron chi connectivity index (χ0n) is 8.03. The molecule has 0 spiro atoms. The standard InChI is InChI=1S/C8H17N3OS/c1-2-13-7-6-10-4-3-5-11(9)8(10)12/h2-7,9H2,1H3. The Morgan fingerprint density at radius 1 is 1.54 bits per heavy atom. The molecule has 0 radical (unpaired) electrons. The molecule has 0 aromatic carbocycles. The summed E-state index contributed by atoms with van der Waals surface area (Å²) >= 11 is 1.85. The number of amides is 2. The third kappa shape index (κ3) is 3.08. The summed E-state index contributed by atoms with van der Waals surface area (Å²) in [6.45, 7) is 4.50. The lowest BCUT2D eigenvalue weighted by Gasteiger charge is -2.32. The molecule has 2 amide bonds. The summed E-state index contributed by atoms with van der Waals surface area (Å²) in [6, 6.07) is -0.0250. The summed E-state index contributed by atoms with van der Waals surface area (Å²) in [5, 5.41) is 1.31. The van der Waals surface area contributed by atoms with Gasteiger partial charge in [0.25, 0.3) is 0 Å². The van der Waals surface area contributed by atoms with Crippen molar-refractivity contribution in [2.75, 3.05) is 31.1 Å². The summed E-state index contributed by atoms with van der Waals surface area (Å²) in [5.74, 6) is 7.62. The van der Waals surface area contributed by atoms with Crippen molar-refractivity contribution in [2.45, 2.75) is 13.3 Å². The van der Waals surface area contributed by atoms with E-state index in [1.165, 1.54) is 5.01 Å². The summed E-state index contributed by atoms with van der Waals surface area (Å²) in [6.07, 6.45) is 0.985. The van der Waals surface area contributed by atoms with Gasteiger partial charge in [-0.2, -0.15) is 11.8 Å². The Kier molecular flexibility index (Phi) is 4.38. The molecule has 1 aliphatic heterocycles. The molecule has 76 valence electrons. The van der Waals surface area contributed by atoms with Gasteiger partial charge in [0, 0.05) is 25.4 Å². The molecule has 1 aliphatic rings. The van der Waals surface area contributed by atoms with E-state index in [0.29, 0.717) is 6.54 Å². The maximum Gasteiger partial charge on any atom is 0.334 e. The van der Waals surface area contributed by atoms with Crippen LogP contribution < -0.4 is 5.84 Å². The lowest BCUT2D eigenvalue weighted by molar-refractivity contribution is 0.133. The van der Waals surface area contributed by atoms with Crippen molar-refractivity contribution in [1.82, 2.24) is 9.91 Å². The van der Waals surface area contributed by atoms with Crippen LogP contribution in [0.2, 0.25) is 0 Å². The van der Waals surface area contributed by atoms with Gasteiger partial charge in [-0.1, -0.05) is 6.92 Å². The van der Waals surface area contributed by atoms with E-state index in [4.69, 9.17) is 5.84 Å². The minimum Gasteiger partial charge on any atom is -0.323 e. The van der Waals surface area contributed by atoms with Crippen molar-refractivity contribution >= 4 is 17.8 Å². The third-order valence-corrected chi connectivity index (χ3v) is 2.93. The highest BCUT2D eigenvalue weighted by molar-refractivity contribution is 7.99. The Labute approximate surface area is 83.4 Å². The largest absolute Gasteiger partial charge is 0.334 e. The molecule has 5 heteroatoms. The fourth-order valence-electron chi connectivity index (χ4n) is 1.33. The molecular formula is C8H17N3OS. The second-order valence-electron chi connectivity index (χ2n) is 3.01. The van der Waals surface area contributed by atoms with E-state index in [-0.39, 0.29) is 6.03 Å². The second-order valence-corrected chi connectivity index (χ2v) is 4.41. The van der Waals surface area contributed by atoms with Crippen LogP contribution in [0, 0.1) is 0 Å². The molecule has 1 saturated heterocycles. The van der Waals surface area contributed by atoms with E-state index in [1.807, 2.05) is 16.7 Å². The molecule has 0 unspecified atom stereocenters. The monoisotopic (exact) mass is 203 g/mol. The molecular weight excluding hydrogens is 186 g/mol. The second kappa shape index (κ2) is 5.34. The molecule has 4 nitrogen and oxygen atoms in total. The van der Waals surface area contributed by atoms with Crippen LogP contribution in [0.1, 0.15) is 13.3 Å². The summed E-state index contributed by atoms with van der Waals surface area (Å²) in [4.78, 5) is 13.3. The van der Waals surface area contributed by atoms with Crippen molar-refractivity contribution in [3.8, 4) is 0 Å². The van der Waals surface area contributed by atoms with Crippen LogP contribution in [0.4, 0.5) is 4.79 Å². The van der Waals surface area contributed by atoms with Gasteiger partial charge in [-0.05, 0) is 12.2 Å². The number of hydrogen-bond donors (Lipinski definition) is 1. The smallest absolute Gasteiger partial charge is 0.323 e. The van der Waals surface area contributed by atoms with Crippen molar-refractivity contribution in [1.29, 1.82) is 0 Å². The average Bonchev–Trinajstić information content (AvgIpc) is 2.13. The molecule has 0 aliphatic carbocycles. The molecule has 1 fully saturated rings. The van der Waals surface area contributed by atoms with E-state index in [2.05, 4.69) is 6.92 Å². The quantitative estimate of drug-likeness (QED) is 0.416. The number of rotatable bonds is 4. The first-order valence-electron chi connectivity index (χ1n) is 4.64. The Bertz CT molecular complexity index is 177. The minimum atomic E-state index is -0.0250. The van der Waals surface area contributed by atoms with E-state index in [1.54, 1.807) is 0 Å². The summed E-state index contributed by atoms with van der Waals surface area (Å²) < 4.78 is 0. The highest BCUT2D eigenvalue weighted by Gasteiger charge is 2.22. The molecule has 0 aromatic heterocycles. The van der Waals surface area contributed by atoms with Gasteiger partial charge in [-0.3, -0.25) is 5.01 Å². The van der Waals surface area contributed by atoms with Gasteiger partial charge < -0.3 is 4.90 Å². The van der Waals surface area contributed by atoms with E-state index in [9.17, 15) is 4.79 Å². The molecule has 0 atom stereocenters. The summed E-state index contributed by atoms with van der Waals surface area (Å²) in [7, 11) is 0. The van der Waals surface area contributed by atoms with Crippen molar-refractivity contribution in [2.24, 2.45) is 5.84 Å². The zero-order chi connectivity index (χ0) is 9.68. The van der Waals surface area contributed by atoms with Crippen LogP contribution in [-0.2, 0) is 0 Å². The SMILES string of the molecule is CCSCCN1CCCN(N)C1=O. The minimum absolute atomic E-state index is 0.0250. The lowest BCUT2D eigenvalue weighted by Crippen LogP contribution is -2.52. The number of nitrogens with two attached hydrogens (primary N) is 1. The number of carbonyl (C=O) groups is 1. The van der Waals surface area contributed by atoms with Gasteiger partial charge in [-0.25, -0.2) is 10.6 Å². The topological polar surface area (TPSA) is 49.6 Å². The van der Waals surface area contributed by atoms with Crippen LogP contribution in [-0.4, -0.2) is 47.1 Å². The van der Waals surface area contributed by atoms with Crippen LogP contribution >= 0.6 is 11.8 Å². The Balaban J connectivity index is 2.27. The maximum atomic E-state index is 11.4. The zero-order valence-corrected chi connectivity index (χ0v) is 8.85. The van der Waals surface area contributed by atoms with Gasteiger partial charge in [0.1, 0.15) is 0 Å². The average molecular weight is 203 g/mol. The first-order chi connectivity index (χ1) is 6.25. The van der Waals surface area contributed by atoms with Gasteiger partial charge >= 0.3 is 6.03 Å². The van der Waals surface area contributed by atoms with Gasteiger partial charge in [0.2, 0.25) is 0 Å². The van der Waals surface area contributed by atoms with Crippen molar-refractivity contribution in [3.05, 3.63) is 0 Å². The normalized spacial score (nSPS) is 18.2. The number of thioether (sulfide) groups is 1. The van der Waals surface area contributed by atoms with Crippen LogP contribution in [0.25, 0.3) is 0 Å². The maximum absolute atomic E-state index is 11.4. The molecule has 2 N–H and O–H groups in total. The predicted molar refractivity (Wildman–Crippen MR) is 55.5 cm³/mol. The molecule has 1 rings (SSSR count). The highest BCUT2D eigenvalue weighted by Crippen LogP contribution is 2.07. The van der Waals surface area contributed by atoms with Gasteiger partial charge in [-0.15, -0.1) is 0 Å². The molecule has 1 heterocycles. The van der Waals surface area contributed by atoms with Gasteiger partial charge in [0.05, 0.1) is 0 Å². The molecule has 0 saturated carbocycles. The summed E-state index contributed by atoms with van der Waals surface area (Å²) in [5.41, 5.74) is 0. The lowest BCUT2D eigenvalue weighted by atomic mass is 10.3. The number of hydrogen-bond acceptors (Lipinski definition) is 3. The number of nitrogens with zero attached hydrogens (tertiary/aromatic N) is 2. The van der Waals surface area contributed by atoms with Crippen LogP contribution in [0.3, 0.4) is 0 Å². The predicted octanol–water partition coefficient (Wildman–Crippen LogP) is 0.741. The molecule has 0 bridgehead atoms.